The summed E-state index contributed by atoms with van der Waals surface area (Å²) in [6.07, 6.45) is -4.67. The molecule has 1 aromatic heterocycles. The van der Waals surface area contributed by atoms with E-state index in [-0.39, 0.29) is 5.75 Å². The van der Waals surface area contributed by atoms with Gasteiger partial charge in [0, 0.05) is 23.4 Å². The molecule has 114 valence electrons. The van der Waals surface area contributed by atoms with Crippen LogP contribution in [0, 0.1) is 0 Å². The monoisotopic (exact) mass is 316 g/mol. The molecule has 0 spiro atoms. The van der Waals surface area contributed by atoms with E-state index >= 15 is 0 Å². The molecule has 0 bridgehead atoms. The molecule has 21 heavy (non-hydrogen) atoms. The van der Waals surface area contributed by atoms with Gasteiger partial charge in [-0.3, -0.25) is 0 Å². The summed E-state index contributed by atoms with van der Waals surface area (Å²) in [5.41, 5.74) is 1.53. The first-order valence-electron chi connectivity index (χ1n) is 6.35. The SMILES string of the molecule is CNCC(C)c1nc(-c2ccc(OC(F)(F)F)cc2)cs1. The molecule has 2 rings (SSSR count). The van der Waals surface area contributed by atoms with E-state index < -0.39 is 6.36 Å². The van der Waals surface area contributed by atoms with Gasteiger partial charge < -0.3 is 10.1 Å². The van der Waals surface area contributed by atoms with Gasteiger partial charge in [-0.15, -0.1) is 24.5 Å². The second-order valence-corrected chi connectivity index (χ2v) is 5.49. The van der Waals surface area contributed by atoms with Crippen LogP contribution in [0.1, 0.15) is 17.8 Å². The van der Waals surface area contributed by atoms with Crippen LogP contribution in [-0.2, 0) is 0 Å². The summed E-state index contributed by atoms with van der Waals surface area (Å²) in [6, 6.07) is 5.73. The van der Waals surface area contributed by atoms with E-state index in [1.807, 2.05) is 12.4 Å². The molecule has 1 unspecified atom stereocenters. The summed E-state index contributed by atoms with van der Waals surface area (Å²) >= 11 is 1.54. The molecule has 1 heterocycles. The average Bonchev–Trinajstić information content (AvgIpc) is 2.87. The minimum Gasteiger partial charge on any atom is -0.406 e. The van der Waals surface area contributed by atoms with Crippen molar-refractivity contribution in [2.24, 2.45) is 0 Å². The number of halogens is 3. The van der Waals surface area contributed by atoms with E-state index in [1.165, 1.54) is 12.1 Å². The number of hydrogen-bond acceptors (Lipinski definition) is 4. The Morgan fingerprint density at radius 3 is 2.52 bits per heavy atom. The van der Waals surface area contributed by atoms with Crippen LogP contribution in [0.15, 0.2) is 29.6 Å². The van der Waals surface area contributed by atoms with E-state index in [1.54, 1.807) is 23.5 Å². The van der Waals surface area contributed by atoms with Crippen molar-refractivity contribution in [3.63, 3.8) is 0 Å². The zero-order valence-electron chi connectivity index (χ0n) is 11.6. The number of likely N-dealkylation sites (N-methyl/N-ethyl adjacent to an activating group) is 1. The maximum atomic E-state index is 12.1. The Morgan fingerprint density at radius 2 is 1.95 bits per heavy atom. The lowest BCUT2D eigenvalue weighted by molar-refractivity contribution is -0.274. The molecule has 7 heteroatoms. The van der Waals surface area contributed by atoms with Gasteiger partial charge in [-0.05, 0) is 31.3 Å². The van der Waals surface area contributed by atoms with Crippen molar-refractivity contribution in [3.05, 3.63) is 34.7 Å². The second-order valence-electron chi connectivity index (χ2n) is 4.60. The molecular formula is C14H15F3N2OS. The highest BCUT2D eigenvalue weighted by Gasteiger charge is 2.30. The summed E-state index contributed by atoms with van der Waals surface area (Å²) in [5.74, 6) is 0.0619. The van der Waals surface area contributed by atoms with Crippen molar-refractivity contribution in [1.82, 2.24) is 10.3 Å². The van der Waals surface area contributed by atoms with Crippen LogP contribution in [-0.4, -0.2) is 24.9 Å². The third-order valence-corrected chi connectivity index (χ3v) is 3.91. The van der Waals surface area contributed by atoms with Gasteiger partial charge in [0.25, 0.3) is 0 Å². The summed E-state index contributed by atoms with van der Waals surface area (Å²) < 4.78 is 40.1. The van der Waals surface area contributed by atoms with E-state index in [0.717, 1.165) is 22.8 Å². The lowest BCUT2D eigenvalue weighted by Crippen LogP contribution is -2.16. The van der Waals surface area contributed by atoms with Gasteiger partial charge in [0.1, 0.15) is 5.75 Å². The first-order valence-corrected chi connectivity index (χ1v) is 7.23. The molecule has 0 radical (unpaired) electrons. The number of nitrogens with zero attached hydrogens (tertiary/aromatic N) is 1. The smallest absolute Gasteiger partial charge is 0.406 e. The van der Waals surface area contributed by atoms with Crippen molar-refractivity contribution in [2.75, 3.05) is 13.6 Å². The van der Waals surface area contributed by atoms with Crippen molar-refractivity contribution in [2.45, 2.75) is 19.2 Å². The number of alkyl halides is 3. The fourth-order valence-electron chi connectivity index (χ4n) is 1.87. The summed E-state index contributed by atoms with van der Waals surface area (Å²) in [5, 5.41) is 5.99. The highest BCUT2D eigenvalue weighted by atomic mass is 32.1. The Kier molecular flexibility index (Phi) is 4.84. The number of aromatic nitrogens is 1. The lowest BCUT2D eigenvalue weighted by atomic mass is 10.1. The molecule has 1 aromatic carbocycles. The molecule has 3 nitrogen and oxygen atoms in total. The first kappa shape index (κ1) is 15.8. The van der Waals surface area contributed by atoms with Crippen molar-refractivity contribution in [1.29, 1.82) is 0 Å². The molecule has 0 saturated heterocycles. The third kappa shape index (κ3) is 4.44. The van der Waals surface area contributed by atoms with Crippen LogP contribution < -0.4 is 10.1 Å². The van der Waals surface area contributed by atoms with Crippen molar-refractivity contribution in [3.8, 4) is 17.0 Å². The first-order chi connectivity index (χ1) is 9.89. The van der Waals surface area contributed by atoms with Gasteiger partial charge in [-0.25, -0.2) is 4.98 Å². The maximum Gasteiger partial charge on any atom is 0.573 e. The zero-order chi connectivity index (χ0) is 15.5. The third-order valence-electron chi connectivity index (χ3n) is 2.84. The molecule has 0 saturated carbocycles. The summed E-state index contributed by atoms with van der Waals surface area (Å²) in [6.45, 7) is 2.89. The van der Waals surface area contributed by atoms with E-state index in [2.05, 4.69) is 22.0 Å². The second kappa shape index (κ2) is 6.44. The molecular weight excluding hydrogens is 301 g/mol. The molecule has 0 aliphatic heterocycles. The van der Waals surface area contributed by atoms with E-state index in [4.69, 9.17) is 0 Å². The molecule has 0 aliphatic carbocycles. The Bertz CT molecular complexity index is 581. The van der Waals surface area contributed by atoms with Crippen LogP contribution in [0.2, 0.25) is 0 Å². The van der Waals surface area contributed by atoms with Gasteiger partial charge in [0.05, 0.1) is 10.7 Å². The van der Waals surface area contributed by atoms with E-state index in [0.29, 0.717) is 5.92 Å². The molecule has 0 amide bonds. The van der Waals surface area contributed by atoms with Crippen molar-refractivity contribution < 1.29 is 17.9 Å². The molecule has 2 aromatic rings. The highest BCUT2D eigenvalue weighted by Crippen LogP contribution is 2.29. The van der Waals surface area contributed by atoms with Crippen LogP contribution in [0.4, 0.5) is 13.2 Å². The zero-order valence-corrected chi connectivity index (χ0v) is 12.4. The number of rotatable bonds is 5. The number of nitrogens with one attached hydrogen (secondary N) is 1. The predicted molar refractivity (Wildman–Crippen MR) is 76.6 cm³/mol. The fraction of sp³-hybridized carbons (Fsp3) is 0.357. The van der Waals surface area contributed by atoms with E-state index in [9.17, 15) is 13.2 Å². The lowest BCUT2D eigenvalue weighted by Gasteiger charge is -2.08. The van der Waals surface area contributed by atoms with Gasteiger partial charge in [0.15, 0.2) is 0 Å². The van der Waals surface area contributed by atoms with Gasteiger partial charge in [-0.1, -0.05) is 6.92 Å². The average molecular weight is 316 g/mol. The number of hydrogen-bond donors (Lipinski definition) is 1. The predicted octanol–water partition coefficient (Wildman–Crippen LogP) is 4.03. The van der Waals surface area contributed by atoms with Gasteiger partial charge in [-0.2, -0.15) is 0 Å². The van der Waals surface area contributed by atoms with Crippen LogP contribution >= 0.6 is 11.3 Å². The van der Waals surface area contributed by atoms with Crippen molar-refractivity contribution >= 4 is 11.3 Å². The molecule has 0 fully saturated rings. The van der Waals surface area contributed by atoms with Gasteiger partial charge in [0.2, 0.25) is 0 Å². The molecule has 1 atom stereocenters. The number of thiazole rings is 1. The Morgan fingerprint density at radius 1 is 1.29 bits per heavy atom. The minimum atomic E-state index is -4.67. The molecule has 0 aliphatic rings. The van der Waals surface area contributed by atoms with Crippen LogP contribution in [0.25, 0.3) is 11.3 Å². The van der Waals surface area contributed by atoms with Crippen LogP contribution in [0.5, 0.6) is 5.75 Å². The molecule has 1 N–H and O–H groups in total. The largest absolute Gasteiger partial charge is 0.573 e. The minimum absolute atomic E-state index is 0.231. The Labute approximate surface area is 124 Å². The number of ether oxygens (including phenoxy) is 1. The van der Waals surface area contributed by atoms with Crippen LogP contribution in [0.3, 0.4) is 0 Å². The normalized spacial score (nSPS) is 13.2. The summed E-state index contributed by atoms with van der Waals surface area (Å²) in [7, 11) is 1.88. The quantitative estimate of drug-likeness (QED) is 0.904. The standard InChI is InChI=1S/C14H15F3N2OS/c1-9(7-18-2)13-19-12(8-21-13)10-3-5-11(6-4-10)20-14(15,16)17/h3-6,8-9,18H,7H2,1-2H3. The Balaban J connectivity index is 2.12. The fourth-order valence-corrected chi connectivity index (χ4v) is 2.76. The summed E-state index contributed by atoms with van der Waals surface area (Å²) in [4.78, 5) is 4.52. The topological polar surface area (TPSA) is 34.2 Å². The highest BCUT2D eigenvalue weighted by molar-refractivity contribution is 7.10. The number of benzene rings is 1. The Hall–Kier alpha value is -1.60. The maximum absolute atomic E-state index is 12.1. The van der Waals surface area contributed by atoms with Gasteiger partial charge >= 0.3 is 6.36 Å².